The van der Waals surface area contributed by atoms with Crippen molar-refractivity contribution >= 4 is 29.6 Å². The average Bonchev–Trinajstić information content (AvgIpc) is 2.84. The molecular formula is C27H23FN2O5. The number of hydrogen-bond acceptors (Lipinski definition) is 5. The highest BCUT2D eigenvalue weighted by molar-refractivity contribution is 6.39. The molecule has 1 fully saturated rings. The molecule has 178 valence electrons. The van der Waals surface area contributed by atoms with Crippen molar-refractivity contribution < 1.29 is 28.2 Å². The highest BCUT2D eigenvalue weighted by Crippen LogP contribution is 2.27. The van der Waals surface area contributed by atoms with Crippen molar-refractivity contribution in [2.24, 2.45) is 0 Å². The van der Waals surface area contributed by atoms with Crippen molar-refractivity contribution in [3.63, 3.8) is 0 Å². The van der Waals surface area contributed by atoms with Crippen molar-refractivity contribution in [2.75, 3.05) is 18.6 Å². The van der Waals surface area contributed by atoms with Gasteiger partial charge in [-0.25, -0.2) is 14.1 Å². The molecule has 0 atom stereocenters. The number of methoxy groups -OCH3 is 1. The second-order valence-corrected chi connectivity index (χ2v) is 7.76. The molecule has 1 aliphatic rings. The number of nitrogens with zero attached hydrogens (tertiary/aromatic N) is 1. The van der Waals surface area contributed by atoms with Crippen LogP contribution in [-0.2, 0) is 16.0 Å². The Balaban J connectivity index is 1.65. The van der Waals surface area contributed by atoms with Crippen LogP contribution in [0.5, 0.6) is 11.5 Å². The lowest BCUT2D eigenvalue weighted by Crippen LogP contribution is -2.54. The zero-order valence-electron chi connectivity index (χ0n) is 19.2. The molecular weight excluding hydrogens is 451 g/mol. The van der Waals surface area contributed by atoms with E-state index in [0.717, 1.165) is 16.0 Å². The van der Waals surface area contributed by atoms with Gasteiger partial charge in [0.05, 0.1) is 19.4 Å². The molecule has 0 radical (unpaired) electrons. The Bertz CT molecular complexity index is 1320. The van der Waals surface area contributed by atoms with Crippen LogP contribution in [0, 0.1) is 5.82 Å². The fourth-order valence-corrected chi connectivity index (χ4v) is 3.75. The van der Waals surface area contributed by atoms with Crippen molar-refractivity contribution in [1.29, 1.82) is 0 Å². The zero-order chi connectivity index (χ0) is 24.9. The summed E-state index contributed by atoms with van der Waals surface area (Å²) >= 11 is 0. The number of hydrogen-bond donors (Lipinski definition) is 1. The number of barbiturate groups is 1. The number of imide groups is 2. The van der Waals surface area contributed by atoms with Crippen LogP contribution < -0.4 is 19.7 Å². The molecule has 4 rings (SSSR count). The molecule has 1 N–H and O–H groups in total. The number of carbonyl (C=O) groups excluding carboxylic acids is 3. The van der Waals surface area contributed by atoms with Crippen LogP contribution in [0.4, 0.5) is 14.9 Å². The molecule has 1 saturated heterocycles. The first kappa shape index (κ1) is 23.7. The van der Waals surface area contributed by atoms with Gasteiger partial charge in [0.1, 0.15) is 22.9 Å². The van der Waals surface area contributed by atoms with Gasteiger partial charge in [-0.15, -0.1) is 0 Å². The maximum Gasteiger partial charge on any atom is 0.335 e. The average molecular weight is 474 g/mol. The molecule has 0 aliphatic carbocycles. The second-order valence-electron chi connectivity index (χ2n) is 7.76. The summed E-state index contributed by atoms with van der Waals surface area (Å²) in [5.74, 6) is -0.734. The maximum absolute atomic E-state index is 13.6. The maximum atomic E-state index is 13.6. The number of nitrogens with one attached hydrogen (secondary N) is 1. The van der Waals surface area contributed by atoms with E-state index < -0.39 is 17.8 Å². The third-order valence-corrected chi connectivity index (χ3v) is 5.42. The highest BCUT2D eigenvalue weighted by Gasteiger charge is 2.36. The normalized spacial score (nSPS) is 14.8. The molecule has 0 bridgehead atoms. The van der Waals surface area contributed by atoms with Gasteiger partial charge in [-0.05, 0) is 72.2 Å². The van der Waals surface area contributed by atoms with Crippen LogP contribution >= 0.6 is 0 Å². The second kappa shape index (κ2) is 10.2. The van der Waals surface area contributed by atoms with Gasteiger partial charge in [0.25, 0.3) is 11.8 Å². The molecule has 3 aromatic carbocycles. The summed E-state index contributed by atoms with van der Waals surface area (Å²) < 4.78 is 24.5. The van der Waals surface area contributed by atoms with Crippen LogP contribution in [-0.4, -0.2) is 31.6 Å². The highest BCUT2D eigenvalue weighted by atomic mass is 19.1. The molecule has 0 unspecified atom stereocenters. The van der Waals surface area contributed by atoms with Crippen LogP contribution in [0.2, 0.25) is 0 Å². The number of rotatable bonds is 7. The summed E-state index contributed by atoms with van der Waals surface area (Å²) in [6.45, 7) is 2.24. The molecule has 1 aliphatic heterocycles. The Kier molecular flexibility index (Phi) is 6.91. The Morgan fingerprint density at radius 2 is 1.77 bits per heavy atom. The van der Waals surface area contributed by atoms with Gasteiger partial charge in [0.2, 0.25) is 0 Å². The van der Waals surface area contributed by atoms with Crippen molar-refractivity contribution in [1.82, 2.24) is 5.32 Å². The fraction of sp³-hybridized carbons (Fsp3) is 0.148. The van der Waals surface area contributed by atoms with Crippen LogP contribution in [0.3, 0.4) is 0 Å². The quantitative estimate of drug-likeness (QED) is 0.403. The van der Waals surface area contributed by atoms with Crippen LogP contribution in [0.15, 0.2) is 72.3 Å². The Labute approximate surface area is 201 Å². The van der Waals surface area contributed by atoms with E-state index in [1.165, 1.54) is 25.3 Å². The SMILES string of the molecule is CCOc1cc(/C=C2\C(=O)NC(=O)N(c3ccc(OC)cc3)C2=O)ccc1Cc1cccc(F)c1. The minimum atomic E-state index is -0.831. The van der Waals surface area contributed by atoms with Gasteiger partial charge in [-0.2, -0.15) is 0 Å². The van der Waals surface area contributed by atoms with Gasteiger partial charge in [-0.1, -0.05) is 24.3 Å². The fourth-order valence-electron chi connectivity index (χ4n) is 3.75. The van der Waals surface area contributed by atoms with Gasteiger partial charge in [0, 0.05) is 6.42 Å². The lowest BCUT2D eigenvalue weighted by atomic mass is 10.0. The van der Waals surface area contributed by atoms with E-state index in [-0.39, 0.29) is 11.4 Å². The van der Waals surface area contributed by atoms with Crippen LogP contribution in [0.1, 0.15) is 23.6 Å². The predicted molar refractivity (Wildman–Crippen MR) is 129 cm³/mol. The minimum Gasteiger partial charge on any atom is -0.497 e. The predicted octanol–water partition coefficient (Wildman–Crippen LogP) is 4.49. The van der Waals surface area contributed by atoms with E-state index in [0.29, 0.717) is 35.8 Å². The molecule has 0 spiro atoms. The monoisotopic (exact) mass is 474 g/mol. The largest absolute Gasteiger partial charge is 0.497 e. The summed E-state index contributed by atoms with van der Waals surface area (Å²) in [6, 6.07) is 17.1. The van der Waals surface area contributed by atoms with Gasteiger partial charge in [0.15, 0.2) is 0 Å². The number of benzene rings is 3. The molecule has 1 heterocycles. The lowest BCUT2D eigenvalue weighted by molar-refractivity contribution is -0.122. The zero-order valence-corrected chi connectivity index (χ0v) is 19.2. The van der Waals surface area contributed by atoms with Crippen LogP contribution in [0.25, 0.3) is 6.08 Å². The van der Waals surface area contributed by atoms with Gasteiger partial charge < -0.3 is 9.47 Å². The summed E-state index contributed by atoms with van der Waals surface area (Å²) in [5, 5.41) is 2.21. The minimum absolute atomic E-state index is 0.194. The Morgan fingerprint density at radius 3 is 2.46 bits per heavy atom. The molecule has 3 aromatic rings. The summed E-state index contributed by atoms with van der Waals surface area (Å²) in [4.78, 5) is 39.0. The number of carbonyl (C=O) groups is 3. The topological polar surface area (TPSA) is 84.9 Å². The molecule has 35 heavy (non-hydrogen) atoms. The number of anilines is 1. The molecule has 8 heteroatoms. The van der Waals surface area contributed by atoms with E-state index >= 15 is 0 Å². The molecule has 4 amide bonds. The third kappa shape index (κ3) is 5.22. The van der Waals surface area contributed by atoms with Crippen molar-refractivity contribution in [3.05, 3.63) is 94.8 Å². The molecule has 0 aromatic heterocycles. The smallest absolute Gasteiger partial charge is 0.335 e. The van der Waals surface area contributed by atoms with E-state index in [9.17, 15) is 18.8 Å². The Hall–Kier alpha value is -4.46. The molecule has 7 nitrogen and oxygen atoms in total. The number of ether oxygens (including phenoxy) is 2. The van der Waals surface area contributed by atoms with E-state index in [2.05, 4.69) is 5.32 Å². The van der Waals surface area contributed by atoms with Gasteiger partial charge >= 0.3 is 6.03 Å². The van der Waals surface area contributed by atoms with Crippen molar-refractivity contribution in [2.45, 2.75) is 13.3 Å². The number of urea groups is 1. The number of halogens is 1. The molecule has 0 saturated carbocycles. The van der Waals surface area contributed by atoms with Crippen molar-refractivity contribution in [3.8, 4) is 11.5 Å². The van der Waals surface area contributed by atoms with E-state index in [1.807, 2.05) is 13.0 Å². The summed E-state index contributed by atoms with van der Waals surface area (Å²) in [7, 11) is 1.51. The Morgan fingerprint density at radius 1 is 1.00 bits per heavy atom. The standard InChI is InChI=1S/C27H23FN2O5/c1-3-35-24-16-18(7-8-19(24)13-17-5-4-6-20(28)14-17)15-23-25(31)29-27(33)30(26(23)32)21-9-11-22(34-2)12-10-21/h4-12,14-16H,3,13H2,1-2H3,(H,29,31,33)/b23-15+. The third-order valence-electron chi connectivity index (χ3n) is 5.42. The van der Waals surface area contributed by atoms with E-state index in [4.69, 9.17) is 9.47 Å². The first-order chi connectivity index (χ1) is 16.9. The number of amides is 4. The first-order valence-electron chi connectivity index (χ1n) is 10.9. The van der Waals surface area contributed by atoms with E-state index in [1.54, 1.807) is 48.5 Å². The summed E-state index contributed by atoms with van der Waals surface area (Å²) in [5.41, 5.74) is 2.26. The van der Waals surface area contributed by atoms with Gasteiger partial charge in [-0.3, -0.25) is 14.9 Å². The summed E-state index contributed by atoms with van der Waals surface area (Å²) in [6.07, 6.45) is 1.86. The first-order valence-corrected chi connectivity index (χ1v) is 10.9. The lowest BCUT2D eigenvalue weighted by Gasteiger charge is -2.26.